The number of nitrogens with one attached hydrogen (secondary N) is 2. The topological polar surface area (TPSA) is 136 Å². The van der Waals surface area contributed by atoms with Gasteiger partial charge in [-0.2, -0.15) is 4.98 Å². The number of hydrogen-bond donors (Lipinski definition) is 3. The lowest BCUT2D eigenvalue weighted by Crippen LogP contribution is -2.24. The Morgan fingerprint density at radius 3 is 2.59 bits per heavy atom. The molecular formula is C28H30N8O3. The summed E-state index contributed by atoms with van der Waals surface area (Å²) >= 11 is 0. The van der Waals surface area contributed by atoms with E-state index in [0.717, 1.165) is 5.56 Å². The van der Waals surface area contributed by atoms with Crippen molar-refractivity contribution in [2.75, 3.05) is 17.2 Å². The van der Waals surface area contributed by atoms with Crippen molar-refractivity contribution in [3.05, 3.63) is 89.1 Å². The molecule has 3 N–H and O–H groups in total. The monoisotopic (exact) mass is 526 g/mol. The molecule has 0 saturated heterocycles. The minimum atomic E-state index is -0.386. The molecule has 0 aliphatic rings. The third-order valence-electron chi connectivity index (χ3n) is 6.24. The van der Waals surface area contributed by atoms with E-state index in [1.165, 1.54) is 0 Å². The summed E-state index contributed by atoms with van der Waals surface area (Å²) in [6, 6.07) is 14.5. The maximum atomic E-state index is 13.0. The van der Waals surface area contributed by atoms with Crippen molar-refractivity contribution in [3.8, 4) is 11.5 Å². The normalized spacial score (nSPS) is 12.1. The Labute approximate surface area is 224 Å². The molecule has 0 fully saturated rings. The van der Waals surface area contributed by atoms with E-state index in [1.807, 2.05) is 48.9 Å². The molecule has 1 atom stereocenters. The highest BCUT2D eigenvalue weighted by molar-refractivity contribution is 5.79. The van der Waals surface area contributed by atoms with Gasteiger partial charge in [-0.1, -0.05) is 41.6 Å². The smallest absolute Gasteiger partial charge is 0.276 e. The lowest BCUT2D eigenvalue weighted by Gasteiger charge is -2.20. The fraction of sp³-hybridized carbons (Fsp3) is 0.250. The van der Waals surface area contributed by atoms with Crippen molar-refractivity contribution in [3.63, 3.8) is 0 Å². The predicted molar refractivity (Wildman–Crippen MR) is 150 cm³/mol. The number of nitrogens with zero attached hydrogens (tertiary/aromatic N) is 6. The summed E-state index contributed by atoms with van der Waals surface area (Å²) in [5.41, 5.74) is 2.60. The van der Waals surface area contributed by atoms with Crippen LogP contribution >= 0.6 is 0 Å². The molecule has 4 heterocycles. The van der Waals surface area contributed by atoms with Gasteiger partial charge in [0.05, 0.1) is 35.8 Å². The summed E-state index contributed by atoms with van der Waals surface area (Å²) in [6.45, 7) is 9.79. The van der Waals surface area contributed by atoms with E-state index in [4.69, 9.17) is 9.51 Å². The van der Waals surface area contributed by atoms with Crippen molar-refractivity contribution in [1.82, 2.24) is 29.5 Å². The lowest BCUT2D eigenvalue weighted by atomic mass is 10.1. The first kappa shape index (κ1) is 25.9. The third-order valence-corrected chi connectivity index (χ3v) is 6.24. The van der Waals surface area contributed by atoms with Gasteiger partial charge in [-0.15, -0.1) is 6.58 Å². The molecule has 0 amide bonds. The SMILES string of the molecule is C=CCn1c2nc(Nc3cc(NC(CO)c4ccccc4)c(-c4nc(C)no4)cn3)ccc2c(=O)n1C(C)C. The van der Waals surface area contributed by atoms with Gasteiger partial charge in [-0.3, -0.25) is 9.48 Å². The summed E-state index contributed by atoms with van der Waals surface area (Å²) in [5.74, 6) is 1.82. The van der Waals surface area contributed by atoms with E-state index in [-0.39, 0.29) is 24.2 Å². The van der Waals surface area contributed by atoms with Crippen molar-refractivity contribution in [2.45, 2.75) is 39.4 Å². The van der Waals surface area contributed by atoms with Crippen LogP contribution < -0.4 is 16.2 Å². The number of hydrogen-bond acceptors (Lipinski definition) is 9. The number of allylic oxidation sites excluding steroid dienone is 1. The number of benzene rings is 1. The fourth-order valence-corrected chi connectivity index (χ4v) is 4.49. The first-order chi connectivity index (χ1) is 18.9. The van der Waals surface area contributed by atoms with Gasteiger partial charge in [0.2, 0.25) is 0 Å². The highest BCUT2D eigenvalue weighted by Crippen LogP contribution is 2.32. The predicted octanol–water partition coefficient (Wildman–Crippen LogP) is 4.61. The van der Waals surface area contributed by atoms with Crippen LogP contribution in [0.5, 0.6) is 0 Å². The Morgan fingerprint density at radius 1 is 1.13 bits per heavy atom. The van der Waals surface area contributed by atoms with Crippen LogP contribution in [0.1, 0.15) is 37.3 Å². The number of anilines is 3. The standard InChI is InChI=1S/C28H30N8O3/c1-5-13-35-26-20(28(38)36(35)17(2)3)11-12-24(33-26)32-25-14-22(21(15-29-25)27-30-18(4)34-39-27)31-23(16-37)19-9-7-6-8-10-19/h5-12,14-15,17,23,37H,1,13,16H2,2-4H3,(H2,29,31,32,33). The molecule has 1 unspecified atom stereocenters. The highest BCUT2D eigenvalue weighted by Gasteiger charge is 2.19. The molecule has 5 rings (SSSR count). The first-order valence-electron chi connectivity index (χ1n) is 12.6. The summed E-state index contributed by atoms with van der Waals surface area (Å²) in [5, 5.41) is 21.2. The van der Waals surface area contributed by atoms with E-state index in [1.54, 1.807) is 42.1 Å². The largest absolute Gasteiger partial charge is 0.394 e. The zero-order valence-corrected chi connectivity index (χ0v) is 22.0. The summed E-state index contributed by atoms with van der Waals surface area (Å²) in [6.07, 6.45) is 3.36. The fourth-order valence-electron chi connectivity index (χ4n) is 4.49. The number of aliphatic hydroxyl groups excluding tert-OH is 1. The average molecular weight is 527 g/mol. The molecule has 0 aliphatic carbocycles. The number of aryl methyl sites for hydroxylation is 1. The van der Waals surface area contributed by atoms with E-state index in [0.29, 0.717) is 52.2 Å². The average Bonchev–Trinajstić information content (AvgIpc) is 3.48. The van der Waals surface area contributed by atoms with Crippen molar-refractivity contribution < 1.29 is 9.63 Å². The quantitative estimate of drug-likeness (QED) is 0.223. The van der Waals surface area contributed by atoms with E-state index >= 15 is 0 Å². The van der Waals surface area contributed by atoms with Crippen LogP contribution in [0.25, 0.3) is 22.5 Å². The summed E-state index contributed by atoms with van der Waals surface area (Å²) in [7, 11) is 0. The molecule has 39 heavy (non-hydrogen) atoms. The molecular weight excluding hydrogens is 496 g/mol. The van der Waals surface area contributed by atoms with Crippen LogP contribution in [-0.2, 0) is 6.54 Å². The number of pyridine rings is 2. The Hall–Kier alpha value is -4.77. The summed E-state index contributed by atoms with van der Waals surface area (Å²) in [4.78, 5) is 26.6. The summed E-state index contributed by atoms with van der Waals surface area (Å²) < 4.78 is 8.92. The second-order valence-electron chi connectivity index (χ2n) is 9.36. The van der Waals surface area contributed by atoms with Gasteiger partial charge in [-0.05, 0) is 38.5 Å². The molecule has 11 nitrogen and oxygen atoms in total. The van der Waals surface area contributed by atoms with E-state index in [9.17, 15) is 9.90 Å². The number of rotatable bonds is 10. The van der Waals surface area contributed by atoms with Gasteiger partial charge in [0.25, 0.3) is 11.4 Å². The maximum Gasteiger partial charge on any atom is 0.276 e. The van der Waals surface area contributed by atoms with Gasteiger partial charge in [0, 0.05) is 18.3 Å². The second kappa shape index (κ2) is 10.9. The molecule has 0 radical (unpaired) electrons. The number of aliphatic hydroxyl groups is 1. The Bertz CT molecular complexity index is 1670. The Kier molecular flexibility index (Phi) is 7.24. The molecule has 4 aromatic heterocycles. The van der Waals surface area contributed by atoms with Crippen molar-refractivity contribution in [1.29, 1.82) is 0 Å². The van der Waals surface area contributed by atoms with Crippen molar-refractivity contribution >= 4 is 28.4 Å². The van der Waals surface area contributed by atoms with Crippen LogP contribution in [0.4, 0.5) is 17.3 Å². The molecule has 0 spiro atoms. The van der Waals surface area contributed by atoms with Crippen LogP contribution in [0.3, 0.4) is 0 Å². The molecule has 200 valence electrons. The number of aromatic nitrogens is 6. The molecule has 0 bridgehead atoms. The van der Waals surface area contributed by atoms with Gasteiger partial charge in [0.15, 0.2) is 11.5 Å². The van der Waals surface area contributed by atoms with E-state index in [2.05, 4.69) is 32.3 Å². The third kappa shape index (κ3) is 5.16. The second-order valence-corrected chi connectivity index (χ2v) is 9.36. The Morgan fingerprint density at radius 2 is 1.92 bits per heavy atom. The zero-order valence-electron chi connectivity index (χ0n) is 22.0. The number of fused-ring (bicyclic) bond motifs is 1. The Balaban J connectivity index is 1.54. The highest BCUT2D eigenvalue weighted by atomic mass is 16.5. The molecule has 0 saturated carbocycles. The van der Waals surface area contributed by atoms with Crippen LogP contribution in [0.15, 0.2) is 76.7 Å². The van der Waals surface area contributed by atoms with Gasteiger partial charge < -0.3 is 20.3 Å². The van der Waals surface area contributed by atoms with Gasteiger partial charge in [0.1, 0.15) is 11.6 Å². The minimum absolute atomic E-state index is 0.0386. The molecule has 11 heteroatoms. The molecule has 0 aliphatic heterocycles. The zero-order chi connectivity index (χ0) is 27.5. The van der Waals surface area contributed by atoms with Crippen LogP contribution in [-0.4, -0.2) is 41.2 Å². The van der Waals surface area contributed by atoms with Gasteiger partial charge in [-0.25, -0.2) is 14.6 Å². The van der Waals surface area contributed by atoms with E-state index < -0.39 is 0 Å². The van der Waals surface area contributed by atoms with Crippen LogP contribution in [0, 0.1) is 6.92 Å². The molecule has 1 aromatic carbocycles. The maximum absolute atomic E-state index is 13.0. The lowest BCUT2D eigenvalue weighted by molar-refractivity contribution is 0.276. The molecule has 5 aromatic rings. The minimum Gasteiger partial charge on any atom is -0.394 e. The first-order valence-corrected chi connectivity index (χ1v) is 12.6. The van der Waals surface area contributed by atoms with Crippen LogP contribution in [0.2, 0.25) is 0 Å². The van der Waals surface area contributed by atoms with Crippen molar-refractivity contribution in [2.24, 2.45) is 0 Å². The van der Waals surface area contributed by atoms with Gasteiger partial charge >= 0.3 is 0 Å².